The van der Waals surface area contributed by atoms with Crippen molar-refractivity contribution in [2.45, 2.75) is 39.7 Å². The number of carboxylic acids is 1. The molecule has 2 N–H and O–H groups in total. The van der Waals surface area contributed by atoms with Crippen LogP contribution in [-0.4, -0.2) is 35.1 Å². The van der Waals surface area contributed by atoms with Crippen molar-refractivity contribution in [1.29, 1.82) is 0 Å². The molecule has 2 atom stereocenters. The summed E-state index contributed by atoms with van der Waals surface area (Å²) in [6.07, 6.45) is 1.58. The first kappa shape index (κ1) is 17.3. The lowest BCUT2D eigenvalue weighted by Crippen LogP contribution is -2.40. The van der Waals surface area contributed by atoms with Crippen LogP contribution >= 0.6 is 0 Å². The van der Waals surface area contributed by atoms with Gasteiger partial charge in [0.25, 0.3) is 0 Å². The van der Waals surface area contributed by atoms with E-state index in [2.05, 4.69) is 31.3 Å². The Bertz CT molecular complexity index is 554. The number of aliphatic carboxylic acids is 1. The molecule has 1 fully saturated rings. The maximum Gasteiger partial charge on any atom is 0.317 e. The van der Waals surface area contributed by atoms with E-state index in [0.717, 1.165) is 12.0 Å². The standard InChI is InChI=1S/C18H26N2O3/c1-12(2)10-14-4-6-15(7-5-14)13(3)19-18(23)20-9-8-16(11-20)17(21)22/h4-7,12-13,16H,8-11H2,1-3H3,(H,19,23)(H,21,22). The molecule has 1 heterocycles. The molecule has 1 aliphatic rings. The number of amides is 2. The summed E-state index contributed by atoms with van der Waals surface area (Å²) in [4.78, 5) is 24.8. The lowest BCUT2D eigenvalue weighted by atomic mass is 10.00. The Morgan fingerprint density at radius 3 is 2.43 bits per heavy atom. The molecular formula is C18H26N2O3. The number of rotatable bonds is 5. The van der Waals surface area contributed by atoms with Crippen LogP contribution in [0.4, 0.5) is 4.79 Å². The Hall–Kier alpha value is -2.04. The second kappa shape index (κ2) is 7.49. The van der Waals surface area contributed by atoms with E-state index in [4.69, 9.17) is 5.11 Å². The van der Waals surface area contributed by atoms with Crippen molar-refractivity contribution in [3.8, 4) is 0 Å². The molecular weight excluding hydrogens is 292 g/mol. The number of carbonyl (C=O) groups is 2. The first-order chi connectivity index (χ1) is 10.9. The van der Waals surface area contributed by atoms with Crippen molar-refractivity contribution in [2.75, 3.05) is 13.1 Å². The highest BCUT2D eigenvalue weighted by Gasteiger charge is 2.31. The first-order valence-electron chi connectivity index (χ1n) is 8.24. The van der Waals surface area contributed by atoms with Gasteiger partial charge in [0.2, 0.25) is 0 Å². The molecule has 2 unspecified atom stereocenters. The topological polar surface area (TPSA) is 69.6 Å². The highest BCUT2D eigenvalue weighted by atomic mass is 16.4. The quantitative estimate of drug-likeness (QED) is 0.876. The van der Waals surface area contributed by atoms with E-state index in [9.17, 15) is 9.59 Å². The molecule has 0 radical (unpaired) electrons. The maximum atomic E-state index is 12.2. The van der Waals surface area contributed by atoms with Gasteiger partial charge in [-0.25, -0.2) is 4.79 Å². The molecule has 1 aromatic rings. The lowest BCUT2D eigenvalue weighted by Gasteiger charge is -2.21. The van der Waals surface area contributed by atoms with Gasteiger partial charge in [-0.05, 0) is 36.8 Å². The normalized spacial score (nSPS) is 19.0. The van der Waals surface area contributed by atoms with Gasteiger partial charge in [0.15, 0.2) is 0 Å². The number of carboxylic acid groups (broad SMARTS) is 1. The molecule has 1 aromatic carbocycles. The first-order valence-corrected chi connectivity index (χ1v) is 8.24. The highest BCUT2D eigenvalue weighted by Crippen LogP contribution is 2.19. The fourth-order valence-electron chi connectivity index (χ4n) is 2.92. The average Bonchev–Trinajstić information content (AvgIpc) is 2.97. The van der Waals surface area contributed by atoms with Crippen LogP contribution in [0.3, 0.4) is 0 Å². The van der Waals surface area contributed by atoms with Crippen LogP contribution in [-0.2, 0) is 11.2 Å². The number of urea groups is 1. The molecule has 2 amide bonds. The SMILES string of the molecule is CC(C)Cc1ccc(C(C)NC(=O)N2CCC(C(=O)O)C2)cc1. The lowest BCUT2D eigenvalue weighted by molar-refractivity contribution is -0.141. The Balaban J connectivity index is 1.90. The Morgan fingerprint density at radius 1 is 1.26 bits per heavy atom. The summed E-state index contributed by atoms with van der Waals surface area (Å²) in [5, 5.41) is 12.0. The maximum absolute atomic E-state index is 12.2. The summed E-state index contributed by atoms with van der Waals surface area (Å²) in [7, 11) is 0. The number of carbonyl (C=O) groups excluding carboxylic acids is 1. The number of benzene rings is 1. The van der Waals surface area contributed by atoms with Gasteiger partial charge >= 0.3 is 12.0 Å². The number of nitrogens with one attached hydrogen (secondary N) is 1. The van der Waals surface area contributed by atoms with Crippen LogP contribution in [0.1, 0.15) is 44.4 Å². The zero-order valence-corrected chi connectivity index (χ0v) is 14.1. The number of hydrogen-bond acceptors (Lipinski definition) is 2. The van der Waals surface area contributed by atoms with E-state index in [-0.39, 0.29) is 12.1 Å². The molecule has 5 heteroatoms. The number of nitrogens with zero attached hydrogens (tertiary/aromatic N) is 1. The van der Waals surface area contributed by atoms with Crippen molar-refractivity contribution in [2.24, 2.45) is 11.8 Å². The zero-order valence-electron chi connectivity index (χ0n) is 14.1. The predicted molar refractivity (Wildman–Crippen MR) is 89.2 cm³/mol. The molecule has 1 saturated heterocycles. The van der Waals surface area contributed by atoms with Gasteiger partial charge in [0.1, 0.15) is 0 Å². The van der Waals surface area contributed by atoms with Gasteiger partial charge in [-0.3, -0.25) is 4.79 Å². The van der Waals surface area contributed by atoms with Gasteiger partial charge in [0.05, 0.1) is 12.0 Å². The monoisotopic (exact) mass is 318 g/mol. The van der Waals surface area contributed by atoms with Crippen molar-refractivity contribution >= 4 is 12.0 Å². The molecule has 126 valence electrons. The van der Waals surface area contributed by atoms with Gasteiger partial charge in [-0.15, -0.1) is 0 Å². The van der Waals surface area contributed by atoms with E-state index in [1.807, 2.05) is 19.1 Å². The van der Waals surface area contributed by atoms with Crippen LogP contribution in [0.25, 0.3) is 0 Å². The summed E-state index contributed by atoms with van der Waals surface area (Å²) >= 11 is 0. The molecule has 0 bridgehead atoms. The second-order valence-electron chi connectivity index (χ2n) is 6.78. The zero-order chi connectivity index (χ0) is 17.0. The molecule has 1 aliphatic heterocycles. The van der Waals surface area contributed by atoms with Gasteiger partial charge < -0.3 is 15.3 Å². The fourth-order valence-corrected chi connectivity index (χ4v) is 2.92. The third-order valence-electron chi connectivity index (χ3n) is 4.29. The van der Waals surface area contributed by atoms with E-state index in [1.165, 1.54) is 5.56 Å². The van der Waals surface area contributed by atoms with Crippen molar-refractivity contribution in [1.82, 2.24) is 10.2 Å². The third-order valence-corrected chi connectivity index (χ3v) is 4.29. The van der Waals surface area contributed by atoms with Crippen LogP contribution in [0.2, 0.25) is 0 Å². The molecule has 5 nitrogen and oxygen atoms in total. The molecule has 23 heavy (non-hydrogen) atoms. The predicted octanol–water partition coefficient (Wildman–Crippen LogP) is 3.06. The molecule has 0 aromatic heterocycles. The molecule has 2 rings (SSSR count). The van der Waals surface area contributed by atoms with Crippen LogP contribution in [0.15, 0.2) is 24.3 Å². The third kappa shape index (κ3) is 4.71. The average molecular weight is 318 g/mol. The van der Waals surface area contributed by atoms with Gasteiger partial charge in [-0.1, -0.05) is 38.1 Å². The number of likely N-dealkylation sites (tertiary alicyclic amines) is 1. The summed E-state index contributed by atoms with van der Waals surface area (Å²) in [6.45, 7) is 7.12. The van der Waals surface area contributed by atoms with Crippen molar-refractivity contribution < 1.29 is 14.7 Å². The minimum Gasteiger partial charge on any atom is -0.481 e. The van der Waals surface area contributed by atoms with E-state index in [1.54, 1.807) is 4.90 Å². The fraction of sp³-hybridized carbons (Fsp3) is 0.556. The summed E-state index contributed by atoms with van der Waals surface area (Å²) in [5.74, 6) is -0.643. The smallest absolute Gasteiger partial charge is 0.317 e. The highest BCUT2D eigenvalue weighted by molar-refractivity contribution is 5.77. The Morgan fingerprint density at radius 2 is 1.91 bits per heavy atom. The van der Waals surface area contributed by atoms with Crippen LogP contribution in [0.5, 0.6) is 0 Å². The van der Waals surface area contributed by atoms with Crippen molar-refractivity contribution in [3.05, 3.63) is 35.4 Å². The van der Waals surface area contributed by atoms with E-state index < -0.39 is 11.9 Å². The minimum absolute atomic E-state index is 0.0977. The van der Waals surface area contributed by atoms with Gasteiger partial charge in [0, 0.05) is 13.1 Å². The molecule has 0 aliphatic carbocycles. The second-order valence-corrected chi connectivity index (χ2v) is 6.78. The molecule has 0 spiro atoms. The molecule has 0 saturated carbocycles. The van der Waals surface area contributed by atoms with E-state index in [0.29, 0.717) is 25.4 Å². The largest absolute Gasteiger partial charge is 0.481 e. The summed E-state index contributed by atoms with van der Waals surface area (Å²) < 4.78 is 0. The Labute approximate surface area is 137 Å². The van der Waals surface area contributed by atoms with E-state index >= 15 is 0 Å². The summed E-state index contributed by atoms with van der Waals surface area (Å²) in [6, 6.07) is 8.02. The number of hydrogen-bond donors (Lipinski definition) is 2. The minimum atomic E-state index is -0.825. The summed E-state index contributed by atoms with van der Waals surface area (Å²) in [5.41, 5.74) is 2.35. The van der Waals surface area contributed by atoms with Crippen LogP contribution in [0, 0.1) is 11.8 Å². The Kier molecular flexibility index (Phi) is 5.64. The van der Waals surface area contributed by atoms with Crippen molar-refractivity contribution in [3.63, 3.8) is 0 Å². The van der Waals surface area contributed by atoms with Gasteiger partial charge in [-0.2, -0.15) is 0 Å². The van der Waals surface area contributed by atoms with Crippen LogP contribution < -0.4 is 5.32 Å².